The van der Waals surface area contributed by atoms with Gasteiger partial charge in [0.25, 0.3) is 0 Å². The Balaban J connectivity index is 1.91. The highest BCUT2D eigenvalue weighted by Crippen LogP contribution is 2.27. The monoisotopic (exact) mass is 274 g/mol. The summed E-state index contributed by atoms with van der Waals surface area (Å²) in [4.78, 5) is 2.30. The lowest BCUT2D eigenvalue weighted by Gasteiger charge is -2.31. The minimum atomic E-state index is -3.66. The summed E-state index contributed by atoms with van der Waals surface area (Å²) < 4.78 is 21.7. The first-order chi connectivity index (χ1) is 8.04. The average molecular weight is 275 g/mol. The van der Waals surface area contributed by atoms with Gasteiger partial charge in [0.2, 0.25) is 0 Å². The van der Waals surface area contributed by atoms with Crippen LogP contribution in [0.5, 0.6) is 0 Å². The van der Waals surface area contributed by atoms with Crippen LogP contribution in [0.2, 0.25) is 0 Å². The second-order valence-electron chi connectivity index (χ2n) is 4.20. The van der Waals surface area contributed by atoms with Gasteiger partial charge in [0.1, 0.15) is 0 Å². The molecule has 0 amide bonds. The van der Waals surface area contributed by atoms with Gasteiger partial charge in [0, 0.05) is 23.8 Å². The second kappa shape index (κ2) is 5.35. The van der Waals surface area contributed by atoms with E-state index in [1.54, 1.807) is 5.01 Å². The summed E-state index contributed by atoms with van der Waals surface area (Å²) in [6.45, 7) is 1.37. The van der Waals surface area contributed by atoms with E-state index in [0.717, 1.165) is 12.8 Å². The summed E-state index contributed by atoms with van der Waals surface area (Å²) in [6, 6.07) is 10.3. The smallest absolute Gasteiger partial charge is 0.230 e. The Bertz CT molecular complexity index is 456. The van der Waals surface area contributed by atoms with Crippen molar-refractivity contribution >= 4 is 19.9 Å². The molecule has 0 saturated carbocycles. The maximum Gasteiger partial charge on any atom is 0.310 e. The van der Waals surface area contributed by atoms with Crippen LogP contribution < -0.4 is 4.83 Å². The molecule has 0 spiro atoms. The molecule has 94 valence electrons. The lowest BCUT2D eigenvalue weighted by Crippen LogP contribution is -2.44. The van der Waals surface area contributed by atoms with Gasteiger partial charge in [-0.1, -0.05) is 30.3 Å². The standard InChI is InChI=1S/C11H15ClN2O2S/c12-17(15,16)13-14-8-6-11(7-9-14)10-4-2-1-3-5-10/h1-5,11,13H,6-9H2. The molecule has 17 heavy (non-hydrogen) atoms. The third-order valence-corrected chi connectivity index (χ3v) is 3.69. The van der Waals surface area contributed by atoms with Crippen molar-refractivity contribution in [1.29, 1.82) is 0 Å². The van der Waals surface area contributed by atoms with E-state index < -0.39 is 9.24 Å². The molecule has 1 aliphatic heterocycles. The Hall–Kier alpha value is -0.620. The number of nitrogens with one attached hydrogen (secondary N) is 1. The van der Waals surface area contributed by atoms with Crippen molar-refractivity contribution in [3.63, 3.8) is 0 Å². The predicted octanol–water partition coefficient (Wildman–Crippen LogP) is 1.85. The van der Waals surface area contributed by atoms with E-state index in [0.29, 0.717) is 19.0 Å². The molecule has 4 nitrogen and oxygen atoms in total. The summed E-state index contributed by atoms with van der Waals surface area (Å²) in [5.41, 5.74) is 1.32. The fraction of sp³-hybridized carbons (Fsp3) is 0.455. The first-order valence-electron chi connectivity index (χ1n) is 5.56. The van der Waals surface area contributed by atoms with Crippen LogP contribution in [0.15, 0.2) is 30.3 Å². The number of hydrogen-bond donors (Lipinski definition) is 1. The number of benzene rings is 1. The van der Waals surface area contributed by atoms with Gasteiger partial charge in [0.05, 0.1) is 0 Å². The van der Waals surface area contributed by atoms with Crippen molar-refractivity contribution in [3.8, 4) is 0 Å². The third kappa shape index (κ3) is 3.96. The molecule has 1 aromatic carbocycles. The molecule has 2 rings (SSSR count). The van der Waals surface area contributed by atoms with Gasteiger partial charge in [-0.15, -0.1) is 4.83 Å². The van der Waals surface area contributed by atoms with Gasteiger partial charge in [-0.2, -0.15) is 8.42 Å². The quantitative estimate of drug-likeness (QED) is 0.856. The van der Waals surface area contributed by atoms with Crippen molar-refractivity contribution in [1.82, 2.24) is 9.84 Å². The third-order valence-electron chi connectivity index (χ3n) is 3.00. The van der Waals surface area contributed by atoms with Crippen molar-refractivity contribution in [2.45, 2.75) is 18.8 Å². The van der Waals surface area contributed by atoms with Crippen molar-refractivity contribution < 1.29 is 8.42 Å². The van der Waals surface area contributed by atoms with E-state index in [1.165, 1.54) is 5.56 Å². The zero-order chi connectivity index (χ0) is 12.3. The molecule has 1 aliphatic rings. The number of hydrogen-bond acceptors (Lipinski definition) is 3. The van der Waals surface area contributed by atoms with Gasteiger partial charge >= 0.3 is 9.24 Å². The Labute approximate surface area is 106 Å². The van der Waals surface area contributed by atoms with Crippen molar-refractivity contribution in [3.05, 3.63) is 35.9 Å². The highest BCUT2D eigenvalue weighted by Gasteiger charge is 2.22. The van der Waals surface area contributed by atoms with Gasteiger partial charge in [0.15, 0.2) is 0 Å². The van der Waals surface area contributed by atoms with E-state index >= 15 is 0 Å². The predicted molar refractivity (Wildman–Crippen MR) is 67.9 cm³/mol. The lowest BCUT2D eigenvalue weighted by atomic mass is 9.90. The molecule has 0 unspecified atom stereocenters. The van der Waals surface area contributed by atoms with Crippen molar-refractivity contribution in [2.75, 3.05) is 13.1 Å². The summed E-state index contributed by atoms with van der Waals surface area (Å²) in [5, 5.41) is 1.65. The Morgan fingerprint density at radius 1 is 1.18 bits per heavy atom. The number of halogens is 1. The minimum Gasteiger partial charge on any atom is -0.230 e. The number of nitrogens with zero attached hydrogens (tertiary/aromatic N) is 1. The zero-order valence-corrected chi connectivity index (χ0v) is 10.9. The van der Waals surface area contributed by atoms with Crippen LogP contribution >= 0.6 is 10.7 Å². The van der Waals surface area contributed by atoms with E-state index in [4.69, 9.17) is 10.7 Å². The Kier molecular flexibility index (Phi) is 4.04. The molecule has 1 heterocycles. The summed E-state index contributed by atoms with van der Waals surface area (Å²) in [5.74, 6) is 0.507. The van der Waals surface area contributed by atoms with Crippen LogP contribution in [0.4, 0.5) is 0 Å². The fourth-order valence-corrected chi connectivity index (χ4v) is 2.97. The van der Waals surface area contributed by atoms with Gasteiger partial charge < -0.3 is 0 Å². The normalized spacial score (nSPS) is 19.4. The fourth-order valence-electron chi connectivity index (χ4n) is 2.18. The maximum absolute atomic E-state index is 10.9. The molecule has 0 bridgehead atoms. The molecule has 0 radical (unpaired) electrons. The topological polar surface area (TPSA) is 49.4 Å². The molecule has 0 atom stereocenters. The molecule has 1 N–H and O–H groups in total. The summed E-state index contributed by atoms with van der Waals surface area (Å²) in [7, 11) is 1.48. The molecule has 1 fully saturated rings. The van der Waals surface area contributed by atoms with E-state index in [-0.39, 0.29) is 0 Å². The molecule has 0 aromatic heterocycles. The van der Waals surface area contributed by atoms with Gasteiger partial charge in [-0.05, 0) is 24.3 Å². The van der Waals surface area contributed by atoms with Crippen LogP contribution in [0.1, 0.15) is 24.3 Å². The lowest BCUT2D eigenvalue weighted by molar-refractivity contribution is 0.187. The highest BCUT2D eigenvalue weighted by atomic mass is 35.7. The van der Waals surface area contributed by atoms with Gasteiger partial charge in [-0.3, -0.25) is 0 Å². The number of hydrazine groups is 1. The molecule has 1 aromatic rings. The van der Waals surface area contributed by atoms with Crippen LogP contribution in [-0.4, -0.2) is 26.5 Å². The minimum absolute atomic E-state index is 0.507. The highest BCUT2D eigenvalue weighted by molar-refractivity contribution is 8.12. The maximum atomic E-state index is 10.9. The van der Waals surface area contributed by atoms with E-state index in [2.05, 4.69) is 17.0 Å². The molecule has 0 aliphatic carbocycles. The number of piperidine rings is 1. The summed E-state index contributed by atoms with van der Waals surface area (Å²) >= 11 is 0. The van der Waals surface area contributed by atoms with Crippen LogP contribution in [0.25, 0.3) is 0 Å². The second-order valence-corrected chi connectivity index (χ2v) is 6.48. The average Bonchev–Trinajstić information content (AvgIpc) is 2.29. The SMILES string of the molecule is O=S(=O)(Cl)NN1CCC(c2ccccc2)CC1. The van der Waals surface area contributed by atoms with Gasteiger partial charge in [-0.25, -0.2) is 5.01 Å². The Morgan fingerprint density at radius 2 is 1.76 bits per heavy atom. The number of rotatable bonds is 3. The first kappa shape index (κ1) is 12.8. The molecular formula is C11H15ClN2O2S. The molecule has 1 saturated heterocycles. The van der Waals surface area contributed by atoms with Crippen LogP contribution in [0, 0.1) is 0 Å². The molecule has 6 heteroatoms. The van der Waals surface area contributed by atoms with Crippen molar-refractivity contribution in [2.24, 2.45) is 0 Å². The van der Waals surface area contributed by atoms with E-state index in [9.17, 15) is 8.42 Å². The largest absolute Gasteiger partial charge is 0.310 e. The molecular weight excluding hydrogens is 260 g/mol. The van der Waals surface area contributed by atoms with E-state index in [1.807, 2.05) is 18.2 Å². The summed E-state index contributed by atoms with van der Waals surface area (Å²) in [6.07, 6.45) is 1.87. The Morgan fingerprint density at radius 3 is 2.29 bits per heavy atom. The van der Waals surface area contributed by atoms with Crippen LogP contribution in [-0.2, 0) is 9.24 Å². The van der Waals surface area contributed by atoms with Crippen LogP contribution in [0.3, 0.4) is 0 Å². The zero-order valence-electron chi connectivity index (χ0n) is 9.34. The first-order valence-corrected chi connectivity index (χ1v) is 7.87.